The van der Waals surface area contributed by atoms with Gasteiger partial charge in [0.2, 0.25) is 5.91 Å². The van der Waals surface area contributed by atoms with Crippen LogP contribution in [0.15, 0.2) is 24.3 Å². The van der Waals surface area contributed by atoms with Crippen molar-refractivity contribution in [1.82, 2.24) is 19.6 Å². The van der Waals surface area contributed by atoms with Crippen LogP contribution in [0.25, 0.3) is 5.69 Å². The summed E-state index contributed by atoms with van der Waals surface area (Å²) in [6.07, 6.45) is -1.80. The Bertz CT molecular complexity index is 979. The van der Waals surface area contributed by atoms with Crippen LogP contribution in [0, 0.1) is 0 Å². The second kappa shape index (κ2) is 8.24. The maximum atomic E-state index is 13.6. The van der Waals surface area contributed by atoms with Crippen LogP contribution in [0.5, 0.6) is 5.75 Å². The van der Waals surface area contributed by atoms with E-state index in [9.17, 15) is 22.8 Å². The summed E-state index contributed by atoms with van der Waals surface area (Å²) in [7, 11) is 1.48. The van der Waals surface area contributed by atoms with E-state index in [-0.39, 0.29) is 36.7 Å². The third kappa shape index (κ3) is 4.11. The van der Waals surface area contributed by atoms with Crippen LogP contribution in [0.1, 0.15) is 41.0 Å². The molecule has 1 aromatic carbocycles. The molecule has 3 heterocycles. The molecule has 0 radical (unpaired) electrons. The lowest BCUT2D eigenvalue weighted by Crippen LogP contribution is -2.47. The van der Waals surface area contributed by atoms with Gasteiger partial charge in [0.15, 0.2) is 5.69 Å². The number of nitrogens with zero attached hydrogens (tertiary/aromatic N) is 4. The first-order chi connectivity index (χ1) is 14.8. The van der Waals surface area contributed by atoms with Gasteiger partial charge < -0.3 is 14.5 Å². The minimum Gasteiger partial charge on any atom is -0.497 e. The van der Waals surface area contributed by atoms with Gasteiger partial charge in [-0.1, -0.05) is 0 Å². The molecular formula is C21H23F3N4O3. The van der Waals surface area contributed by atoms with E-state index in [1.54, 1.807) is 17.0 Å². The molecule has 1 fully saturated rings. The van der Waals surface area contributed by atoms with Gasteiger partial charge in [-0.15, -0.1) is 0 Å². The molecule has 2 aliphatic heterocycles. The Hall–Kier alpha value is -3.04. The number of likely N-dealkylation sites (tertiary alicyclic amines) is 1. The average molecular weight is 436 g/mol. The lowest BCUT2D eigenvalue weighted by Gasteiger charge is -2.32. The van der Waals surface area contributed by atoms with E-state index < -0.39 is 17.8 Å². The minimum absolute atomic E-state index is 0.0145. The maximum absolute atomic E-state index is 13.6. The number of alkyl halides is 3. The molecule has 10 heteroatoms. The maximum Gasteiger partial charge on any atom is 0.435 e. The van der Waals surface area contributed by atoms with Crippen molar-refractivity contribution in [1.29, 1.82) is 0 Å². The number of carbonyl (C=O) groups excluding carboxylic acids is 2. The van der Waals surface area contributed by atoms with Crippen molar-refractivity contribution < 1.29 is 27.5 Å². The van der Waals surface area contributed by atoms with Crippen LogP contribution in [0.4, 0.5) is 13.2 Å². The van der Waals surface area contributed by atoms with Crippen molar-refractivity contribution in [3.8, 4) is 11.4 Å². The molecule has 0 aliphatic carbocycles. The highest BCUT2D eigenvalue weighted by atomic mass is 19.4. The van der Waals surface area contributed by atoms with E-state index in [0.29, 0.717) is 24.5 Å². The molecule has 0 N–H and O–H groups in total. The predicted octanol–water partition coefficient (Wildman–Crippen LogP) is 2.91. The molecule has 0 spiro atoms. The second-order valence-electron chi connectivity index (χ2n) is 7.70. The number of ether oxygens (including phenoxy) is 1. The van der Waals surface area contributed by atoms with Crippen LogP contribution in [-0.2, 0) is 17.4 Å². The van der Waals surface area contributed by atoms with Crippen molar-refractivity contribution in [3.05, 3.63) is 41.2 Å². The molecule has 166 valence electrons. The largest absolute Gasteiger partial charge is 0.497 e. The Balaban J connectivity index is 1.67. The molecule has 31 heavy (non-hydrogen) atoms. The van der Waals surface area contributed by atoms with Crippen molar-refractivity contribution in [2.45, 2.75) is 31.9 Å². The Morgan fingerprint density at radius 1 is 1.10 bits per heavy atom. The topological polar surface area (TPSA) is 67.7 Å². The lowest BCUT2D eigenvalue weighted by atomic mass is 10.0. The SMILES string of the molecule is COc1ccc(-n2nc(C(F)(F)F)c3c2C(=O)N(CC(=O)N2CCCCC2)CC3)cc1. The summed E-state index contributed by atoms with van der Waals surface area (Å²) in [5, 5.41) is 3.75. The van der Waals surface area contributed by atoms with Crippen molar-refractivity contribution in [2.24, 2.45) is 0 Å². The van der Waals surface area contributed by atoms with Gasteiger partial charge in [0.1, 0.15) is 18.0 Å². The third-order valence-electron chi connectivity index (χ3n) is 5.73. The molecular weight excluding hydrogens is 413 g/mol. The fourth-order valence-electron chi connectivity index (χ4n) is 4.10. The molecule has 0 atom stereocenters. The number of fused-ring (bicyclic) bond motifs is 1. The summed E-state index contributed by atoms with van der Waals surface area (Å²) in [4.78, 5) is 28.9. The highest BCUT2D eigenvalue weighted by molar-refractivity contribution is 5.98. The van der Waals surface area contributed by atoms with Crippen LogP contribution in [0.2, 0.25) is 0 Å². The zero-order valence-corrected chi connectivity index (χ0v) is 17.1. The summed E-state index contributed by atoms with van der Waals surface area (Å²) in [6, 6.07) is 6.25. The standard InChI is InChI=1S/C21H23F3N4O3/c1-31-15-7-5-14(6-8-15)28-18-16(19(25-28)21(22,23)24)9-12-27(20(18)30)13-17(29)26-10-3-2-4-11-26/h5-8H,2-4,9-13H2,1H3. The number of aromatic nitrogens is 2. The fraction of sp³-hybridized carbons (Fsp3) is 0.476. The molecule has 2 amide bonds. The Kier molecular flexibility index (Phi) is 5.63. The van der Waals surface area contributed by atoms with Crippen LogP contribution < -0.4 is 4.74 Å². The number of halogens is 3. The number of carbonyl (C=O) groups is 2. The quantitative estimate of drug-likeness (QED) is 0.739. The molecule has 0 bridgehead atoms. The number of amides is 2. The molecule has 1 aromatic heterocycles. The van der Waals surface area contributed by atoms with Crippen molar-refractivity contribution in [3.63, 3.8) is 0 Å². The van der Waals surface area contributed by atoms with E-state index in [1.807, 2.05) is 0 Å². The zero-order valence-electron chi connectivity index (χ0n) is 17.1. The van der Waals surface area contributed by atoms with E-state index >= 15 is 0 Å². The van der Waals surface area contributed by atoms with Gasteiger partial charge in [0.05, 0.1) is 12.8 Å². The van der Waals surface area contributed by atoms with E-state index in [0.717, 1.165) is 23.9 Å². The summed E-state index contributed by atoms with van der Waals surface area (Å²) < 4.78 is 47.0. The first-order valence-corrected chi connectivity index (χ1v) is 10.2. The Morgan fingerprint density at radius 3 is 2.39 bits per heavy atom. The molecule has 2 aromatic rings. The minimum atomic E-state index is -4.69. The third-order valence-corrected chi connectivity index (χ3v) is 5.73. The smallest absolute Gasteiger partial charge is 0.435 e. The van der Waals surface area contributed by atoms with Crippen molar-refractivity contribution in [2.75, 3.05) is 33.3 Å². The molecule has 7 nitrogen and oxygen atoms in total. The molecule has 2 aliphatic rings. The monoisotopic (exact) mass is 436 g/mol. The number of hydrogen-bond acceptors (Lipinski definition) is 4. The van der Waals surface area contributed by atoms with Gasteiger partial charge in [-0.3, -0.25) is 9.59 Å². The Labute approximate surface area is 177 Å². The summed E-state index contributed by atoms with van der Waals surface area (Å²) in [5.74, 6) is -0.269. The highest BCUT2D eigenvalue weighted by Crippen LogP contribution is 2.36. The average Bonchev–Trinajstić information content (AvgIpc) is 3.17. The Morgan fingerprint density at radius 2 is 1.77 bits per heavy atom. The lowest BCUT2D eigenvalue weighted by molar-refractivity contribution is -0.142. The molecule has 1 saturated heterocycles. The van der Waals surface area contributed by atoms with Crippen LogP contribution in [-0.4, -0.2) is 64.7 Å². The summed E-state index contributed by atoms with van der Waals surface area (Å²) in [5.41, 5.74) is -1.02. The predicted molar refractivity (Wildman–Crippen MR) is 105 cm³/mol. The molecule has 0 saturated carbocycles. The van der Waals surface area contributed by atoms with Crippen LogP contribution in [0.3, 0.4) is 0 Å². The fourth-order valence-corrected chi connectivity index (χ4v) is 4.10. The van der Waals surface area contributed by atoms with Gasteiger partial charge >= 0.3 is 6.18 Å². The second-order valence-corrected chi connectivity index (χ2v) is 7.70. The summed E-state index contributed by atoms with van der Waals surface area (Å²) >= 11 is 0. The summed E-state index contributed by atoms with van der Waals surface area (Å²) in [6.45, 7) is 1.19. The van der Waals surface area contributed by atoms with E-state index in [1.165, 1.54) is 24.1 Å². The van der Waals surface area contributed by atoms with Crippen molar-refractivity contribution >= 4 is 11.8 Å². The van der Waals surface area contributed by atoms with E-state index in [4.69, 9.17) is 4.74 Å². The molecule has 4 rings (SSSR count). The first kappa shape index (κ1) is 21.2. The zero-order chi connectivity index (χ0) is 22.2. The van der Waals surface area contributed by atoms with E-state index in [2.05, 4.69) is 5.10 Å². The first-order valence-electron chi connectivity index (χ1n) is 10.2. The van der Waals surface area contributed by atoms with Gasteiger partial charge in [-0.05, 0) is 49.9 Å². The number of methoxy groups -OCH3 is 1. The van der Waals surface area contributed by atoms with Crippen LogP contribution >= 0.6 is 0 Å². The van der Waals surface area contributed by atoms with Gasteiger partial charge in [-0.25, -0.2) is 4.68 Å². The number of piperidine rings is 1. The van der Waals surface area contributed by atoms with Gasteiger partial charge in [0.25, 0.3) is 5.91 Å². The number of benzene rings is 1. The van der Waals surface area contributed by atoms with Gasteiger partial charge in [-0.2, -0.15) is 18.3 Å². The highest BCUT2D eigenvalue weighted by Gasteiger charge is 2.43. The number of rotatable bonds is 4. The normalized spacial score (nSPS) is 17.0. The molecule has 0 unspecified atom stereocenters. The van der Waals surface area contributed by atoms with Gasteiger partial charge in [0, 0.05) is 25.2 Å². The number of hydrogen-bond donors (Lipinski definition) is 0.